The molecule has 0 aliphatic rings. The Morgan fingerprint density at radius 3 is 2.45 bits per heavy atom. The molecule has 1 aromatic carbocycles. The highest BCUT2D eigenvalue weighted by atomic mass is 19.1. The van der Waals surface area contributed by atoms with E-state index in [9.17, 15) is 14.0 Å². The summed E-state index contributed by atoms with van der Waals surface area (Å²) in [4.78, 5) is 26.2. The minimum absolute atomic E-state index is 0.0874. The number of Topliss-reactive ketones (excluding diaryl/α,β-unsaturated/α-hetero) is 1. The van der Waals surface area contributed by atoms with Crippen molar-refractivity contribution in [2.24, 2.45) is 5.73 Å². The Labute approximate surface area is 114 Å². The number of amides is 1. The molecule has 1 amide bonds. The molecule has 1 heterocycles. The number of rotatable bonds is 4. The Balaban J connectivity index is 2.27. The molecule has 0 fully saturated rings. The summed E-state index contributed by atoms with van der Waals surface area (Å²) in [5, 5.41) is 2.73. The Hall–Kier alpha value is -2.76. The van der Waals surface area contributed by atoms with Crippen LogP contribution >= 0.6 is 0 Å². The van der Waals surface area contributed by atoms with Crippen molar-refractivity contribution in [3.05, 3.63) is 53.5 Å². The third kappa shape index (κ3) is 2.97. The van der Waals surface area contributed by atoms with Crippen molar-refractivity contribution in [1.29, 1.82) is 0 Å². The summed E-state index contributed by atoms with van der Waals surface area (Å²) in [6.45, 7) is 1.43. The van der Waals surface area contributed by atoms with Crippen LogP contribution in [0.2, 0.25) is 0 Å². The van der Waals surface area contributed by atoms with Crippen LogP contribution in [0.25, 0.3) is 0 Å². The van der Waals surface area contributed by atoms with Gasteiger partial charge in [-0.3, -0.25) is 9.59 Å². The lowest BCUT2D eigenvalue weighted by Crippen LogP contribution is -2.11. The zero-order valence-electron chi connectivity index (χ0n) is 10.7. The average Bonchev–Trinajstić information content (AvgIpc) is 2.41. The number of benzene rings is 1. The van der Waals surface area contributed by atoms with Gasteiger partial charge in [0.05, 0.1) is 5.69 Å². The number of halogens is 1. The molecule has 0 radical (unpaired) electrons. The second kappa shape index (κ2) is 5.48. The lowest BCUT2D eigenvalue weighted by molar-refractivity contribution is 0.0996. The van der Waals surface area contributed by atoms with Crippen molar-refractivity contribution >= 4 is 23.2 Å². The second-order valence-electron chi connectivity index (χ2n) is 4.17. The number of aromatic nitrogens is 1. The topological polar surface area (TPSA) is 85.1 Å². The molecule has 20 heavy (non-hydrogen) atoms. The van der Waals surface area contributed by atoms with Gasteiger partial charge >= 0.3 is 0 Å². The van der Waals surface area contributed by atoms with Crippen LogP contribution < -0.4 is 11.1 Å². The largest absolute Gasteiger partial charge is 0.366 e. The van der Waals surface area contributed by atoms with Crippen LogP contribution in [0, 0.1) is 5.82 Å². The molecule has 6 heteroatoms. The third-order valence-corrected chi connectivity index (χ3v) is 2.68. The molecule has 0 atom stereocenters. The third-order valence-electron chi connectivity index (χ3n) is 2.68. The van der Waals surface area contributed by atoms with Crippen LogP contribution in [0.1, 0.15) is 27.6 Å². The van der Waals surface area contributed by atoms with Crippen LogP contribution in [0.5, 0.6) is 0 Å². The molecule has 0 aliphatic heterocycles. The number of carbonyl (C=O) groups is 2. The molecule has 0 unspecified atom stereocenters. The number of nitrogens with two attached hydrogens (primary N) is 1. The van der Waals surface area contributed by atoms with Crippen LogP contribution in [-0.4, -0.2) is 16.7 Å². The lowest BCUT2D eigenvalue weighted by Gasteiger charge is -2.08. The first-order valence-corrected chi connectivity index (χ1v) is 5.81. The van der Waals surface area contributed by atoms with Crippen molar-refractivity contribution in [3.63, 3.8) is 0 Å². The molecular formula is C14H12FN3O2. The zero-order valence-corrected chi connectivity index (χ0v) is 10.7. The van der Waals surface area contributed by atoms with E-state index in [1.165, 1.54) is 25.3 Å². The lowest BCUT2D eigenvalue weighted by atomic mass is 10.2. The highest BCUT2D eigenvalue weighted by molar-refractivity contribution is 5.94. The standard InChI is InChI=1S/C14H12FN3O2/c1-8(19)10-3-5-13(17-7-10)18-12-6-9(14(16)20)2-4-11(12)15/h2-7H,1H3,(H2,16,20)(H,17,18). The summed E-state index contributed by atoms with van der Waals surface area (Å²) < 4.78 is 13.6. The van der Waals surface area contributed by atoms with E-state index in [4.69, 9.17) is 5.73 Å². The first-order valence-electron chi connectivity index (χ1n) is 5.81. The van der Waals surface area contributed by atoms with Gasteiger partial charge in [0, 0.05) is 17.3 Å². The minimum Gasteiger partial charge on any atom is -0.366 e. The molecule has 0 saturated heterocycles. The molecule has 0 aliphatic carbocycles. The number of carbonyl (C=O) groups excluding carboxylic acids is 2. The monoisotopic (exact) mass is 273 g/mol. The van der Waals surface area contributed by atoms with Gasteiger partial charge in [-0.25, -0.2) is 9.37 Å². The minimum atomic E-state index is -0.645. The summed E-state index contributed by atoms with van der Waals surface area (Å²) in [7, 11) is 0. The van der Waals surface area contributed by atoms with E-state index in [0.717, 1.165) is 6.07 Å². The summed E-state index contributed by atoms with van der Waals surface area (Å²) >= 11 is 0. The number of primary amides is 1. The van der Waals surface area contributed by atoms with Crippen LogP contribution in [0.4, 0.5) is 15.9 Å². The van der Waals surface area contributed by atoms with Gasteiger partial charge in [0.2, 0.25) is 5.91 Å². The fraction of sp³-hybridized carbons (Fsp3) is 0.0714. The SMILES string of the molecule is CC(=O)c1ccc(Nc2cc(C(N)=O)ccc2F)nc1. The van der Waals surface area contributed by atoms with Crippen LogP contribution in [-0.2, 0) is 0 Å². The Morgan fingerprint density at radius 2 is 1.90 bits per heavy atom. The van der Waals surface area contributed by atoms with Crippen molar-refractivity contribution in [2.45, 2.75) is 6.92 Å². The van der Waals surface area contributed by atoms with Gasteiger partial charge < -0.3 is 11.1 Å². The molecule has 0 saturated carbocycles. The molecule has 0 spiro atoms. The Kier molecular flexibility index (Phi) is 3.74. The first-order chi connectivity index (χ1) is 9.47. The molecule has 3 N–H and O–H groups in total. The van der Waals surface area contributed by atoms with Gasteiger partial charge in [-0.05, 0) is 37.3 Å². The highest BCUT2D eigenvalue weighted by Gasteiger charge is 2.08. The van der Waals surface area contributed by atoms with Gasteiger partial charge in [-0.1, -0.05) is 0 Å². The van der Waals surface area contributed by atoms with Gasteiger partial charge in [-0.15, -0.1) is 0 Å². The molecule has 1 aromatic heterocycles. The molecule has 0 bridgehead atoms. The quantitative estimate of drug-likeness (QED) is 0.837. The summed E-state index contributed by atoms with van der Waals surface area (Å²) in [5.74, 6) is -0.929. The van der Waals surface area contributed by atoms with E-state index in [0.29, 0.717) is 11.4 Å². The van der Waals surface area contributed by atoms with E-state index < -0.39 is 11.7 Å². The number of nitrogens with one attached hydrogen (secondary N) is 1. The summed E-state index contributed by atoms with van der Waals surface area (Å²) in [6, 6.07) is 6.88. The van der Waals surface area contributed by atoms with Crippen molar-refractivity contribution in [1.82, 2.24) is 4.98 Å². The van der Waals surface area contributed by atoms with Crippen molar-refractivity contribution < 1.29 is 14.0 Å². The van der Waals surface area contributed by atoms with Crippen LogP contribution in [0.15, 0.2) is 36.5 Å². The van der Waals surface area contributed by atoms with Crippen molar-refractivity contribution in [2.75, 3.05) is 5.32 Å². The van der Waals surface area contributed by atoms with Gasteiger partial charge in [0.25, 0.3) is 0 Å². The molecule has 2 aromatic rings. The van der Waals surface area contributed by atoms with Gasteiger partial charge in [0.1, 0.15) is 11.6 Å². The van der Waals surface area contributed by atoms with Crippen LogP contribution in [0.3, 0.4) is 0 Å². The predicted octanol–water partition coefficient (Wildman–Crippen LogP) is 2.27. The Bertz CT molecular complexity index is 669. The number of hydrogen-bond acceptors (Lipinski definition) is 4. The summed E-state index contributed by atoms with van der Waals surface area (Å²) in [5.41, 5.74) is 5.87. The molecule has 5 nitrogen and oxygen atoms in total. The highest BCUT2D eigenvalue weighted by Crippen LogP contribution is 2.20. The Morgan fingerprint density at radius 1 is 1.20 bits per heavy atom. The predicted molar refractivity (Wildman–Crippen MR) is 72.4 cm³/mol. The molecular weight excluding hydrogens is 261 g/mol. The number of nitrogens with zero attached hydrogens (tertiary/aromatic N) is 1. The molecule has 2 rings (SSSR count). The number of anilines is 2. The maximum atomic E-state index is 13.6. The van der Waals surface area contributed by atoms with Crippen molar-refractivity contribution in [3.8, 4) is 0 Å². The van der Waals surface area contributed by atoms with Gasteiger partial charge in [0.15, 0.2) is 5.78 Å². The van der Waals surface area contributed by atoms with E-state index in [2.05, 4.69) is 10.3 Å². The number of hydrogen-bond donors (Lipinski definition) is 2. The zero-order chi connectivity index (χ0) is 14.7. The maximum absolute atomic E-state index is 13.6. The fourth-order valence-electron chi connectivity index (χ4n) is 1.59. The maximum Gasteiger partial charge on any atom is 0.248 e. The second-order valence-corrected chi connectivity index (χ2v) is 4.17. The van der Waals surface area contributed by atoms with Gasteiger partial charge in [-0.2, -0.15) is 0 Å². The smallest absolute Gasteiger partial charge is 0.248 e. The molecule has 102 valence electrons. The fourth-order valence-corrected chi connectivity index (χ4v) is 1.59. The first kappa shape index (κ1) is 13.7. The van der Waals surface area contributed by atoms with E-state index in [1.807, 2.05) is 0 Å². The van der Waals surface area contributed by atoms with E-state index in [1.54, 1.807) is 12.1 Å². The number of ketones is 1. The van der Waals surface area contributed by atoms with E-state index in [-0.39, 0.29) is 17.0 Å². The number of pyridine rings is 1. The normalized spacial score (nSPS) is 10.1. The van der Waals surface area contributed by atoms with E-state index >= 15 is 0 Å². The average molecular weight is 273 g/mol. The summed E-state index contributed by atoms with van der Waals surface area (Å²) in [6.07, 6.45) is 1.39.